The second-order valence-electron chi connectivity index (χ2n) is 7.11. The number of aliphatic hydroxyl groups excluding tert-OH is 3. The van der Waals surface area contributed by atoms with Gasteiger partial charge in [-0.3, -0.25) is 0 Å². The molecule has 0 spiro atoms. The van der Waals surface area contributed by atoms with Crippen molar-refractivity contribution in [1.82, 2.24) is 0 Å². The Morgan fingerprint density at radius 2 is 1.88 bits per heavy atom. The summed E-state index contributed by atoms with van der Waals surface area (Å²) in [6, 6.07) is 10.1. The van der Waals surface area contributed by atoms with Crippen LogP contribution < -0.4 is 0 Å². The van der Waals surface area contributed by atoms with Crippen LogP contribution in [-0.2, 0) is 0 Å². The number of hydrogen-bond donors (Lipinski definition) is 3. The Balaban J connectivity index is 1.91. The molecule has 0 aromatic heterocycles. The molecule has 3 nitrogen and oxygen atoms in total. The third kappa shape index (κ3) is 6.43. The molecule has 5 atom stereocenters. The summed E-state index contributed by atoms with van der Waals surface area (Å²) < 4.78 is 0. The van der Waals surface area contributed by atoms with Crippen LogP contribution in [0.2, 0.25) is 0 Å². The van der Waals surface area contributed by atoms with Gasteiger partial charge < -0.3 is 15.3 Å². The smallest absolute Gasteiger partial charge is 0.0721 e. The fourth-order valence-electron chi connectivity index (χ4n) is 3.59. The van der Waals surface area contributed by atoms with Gasteiger partial charge in [0.1, 0.15) is 0 Å². The van der Waals surface area contributed by atoms with E-state index in [0.29, 0.717) is 12.8 Å². The van der Waals surface area contributed by atoms with E-state index < -0.39 is 18.3 Å². The Morgan fingerprint density at radius 3 is 2.60 bits per heavy atom. The van der Waals surface area contributed by atoms with Crippen LogP contribution in [0.1, 0.15) is 51.0 Å². The lowest BCUT2D eigenvalue weighted by atomic mass is 9.89. The summed E-state index contributed by atoms with van der Waals surface area (Å²) in [7, 11) is 0. The van der Waals surface area contributed by atoms with Crippen molar-refractivity contribution in [2.24, 2.45) is 11.8 Å². The standard InChI is InChI=1S/C22H32O3/c1-2-3-5-12-18(23)14-15-20-19(21(24)16-22(20)25)13-8-11-17-9-6-4-7-10-17/h4,6-11,14-15,18-25H,2-3,5,12-13,16H2,1H3/b11-8-,15-14+/t18-,19+,20+,21-,22+/m0/s1. The lowest BCUT2D eigenvalue weighted by Crippen LogP contribution is -2.20. The van der Waals surface area contributed by atoms with Crippen molar-refractivity contribution in [3.05, 3.63) is 54.1 Å². The first-order valence-electron chi connectivity index (χ1n) is 9.56. The average molecular weight is 344 g/mol. The Labute approximate surface area is 151 Å². The average Bonchev–Trinajstić information content (AvgIpc) is 2.87. The van der Waals surface area contributed by atoms with Gasteiger partial charge >= 0.3 is 0 Å². The molecule has 1 aromatic carbocycles. The van der Waals surface area contributed by atoms with Crippen LogP contribution in [0.4, 0.5) is 0 Å². The number of unbranched alkanes of at least 4 members (excludes halogenated alkanes) is 2. The van der Waals surface area contributed by atoms with Crippen molar-refractivity contribution >= 4 is 6.08 Å². The number of rotatable bonds is 9. The van der Waals surface area contributed by atoms with Gasteiger partial charge in [0.15, 0.2) is 0 Å². The molecule has 0 aliphatic heterocycles. The van der Waals surface area contributed by atoms with E-state index in [2.05, 4.69) is 19.1 Å². The first-order valence-corrected chi connectivity index (χ1v) is 9.56. The summed E-state index contributed by atoms with van der Waals surface area (Å²) in [6.45, 7) is 2.14. The maximum atomic E-state index is 10.3. The summed E-state index contributed by atoms with van der Waals surface area (Å²) >= 11 is 0. The zero-order chi connectivity index (χ0) is 18.1. The molecule has 0 radical (unpaired) electrons. The molecule has 1 aliphatic carbocycles. The van der Waals surface area contributed by atoms with Crippen LogP contribution in [0, 0.1) is 11.8 Å². The van der Waals surface area contributed by atoms with E-state index in [-0.39, 0.29) is 11.8 Å². The van der Waals surface area contributed by atoms with E-state index in [1.807, 2.05) is 36.4 Å². The summed E-state index contributed by atoms with van der Waals surface area (Å²) in [6.07, 6.45) is 11.5. The van der Waals surface area contributed by atoms with E-state index in [0.717, 1.165) is 31.2 Å². The molecular formula is C22H32O3. The lowest BCUT2D eigenvalue weighted by molar-refractivity contribution is 0.120. The Kier molecular flexibility index (Phi) is 8.39. The summed E-state index contributed by atoms with van der Waals surface area (Å²) in [5, 5.41) is 30.6. The molecular weight excluding hydrogens is 312 g/mol. The number of aliphatic hydroxyl groups is 3. The molecule has 3 N–H and O–H groups in total. The number of benzene rings is 1. The summed E-state index contributed by atoms with van der Waals surface area (Å²) in [4.78, 5) is 0. The molecule has 0 saturated heterocycles. The predicted molar refractivity (Wildman–Crippen MR) is 103 cm³/mol. The second kappa shape index (κ2) is 10.5. The minimum absolute atomic E-state index is 0.00551. The van der Waals surface area contributed by atoms with Crippen LogP contribution in [-0.4, -0.2) is 33.6 Å². The van der Waals surface area contributed by atoms with Crippen molar-refractivity contribution in [2.45, 2.75) is 63.8 Å². The van der Waals surface area contributed by atoms with Gasteiger partial charge in [-0.2, -0.15) is 0 Å². The molecule has 138 valence electrons. The molecule has 1 fully saturated rings. The fourth-order valence-corrected chi connectivity index (χ4v) is 3.59. The third-order valence-corrected chi connectivity index (χ3v) is 5.09. The molecule has 0 heterocycles. The van der Waals surface area contributed by atoms with E-state index in [9.17, 15) is 15.3 Å². The van der Waals surface area contributed by atoms with Crippen molar-refractivity contribution in [1.29, 1.82) is 0 Å². The van der Waals surface area contributed by atoms with Gasteiger partial charge in [0, 0.05) is 12.3 Å². The molecule has 1 saturated carbocycles. The van der Waals surface area contributed by atoms with E-state index in [4.69, 9.17) is 0 Å². The van der Waals surface area contributed by atoms with E-state index in [1.54, 1.807) is 6.08 Å². The van der Waals surface area contributed by atoms with Crippen molar-refractivity contribution in [2.75, 3.05) is 0 Å². The van der Waals surface area contributed by atoms with E-state index >= 15 is 0 Å². The number of hydrogen-bond acceptors (Lipinski definition) is 3. The van der Waals surface area contributed by atoms with Crippen LogP contribution in [0.3, 0.4) is 0 Å². The monoisotopic (exact) mass is 344 g/mol. The van der Waals surface area contributed by atoms with Crippen molar-refractivity contribution < 1.29 is 15.3 Å². The lowest BCUT2D eigenvalue weighted by Gasteiger charge is -2.19. The first kappa shape index (κ1) is 19.9. The quantitative estimate of drug-likeness (QED) is 0.470. The van der Waals surface area contributed by atoms with Gasteiger partial charge in [-0.15, -0.1) is 0 Å². The van der Waals surface area contributed by atoms with Gasteiger partial charge in [-0.05, 0) is 24.3 Å². The van der Waals surface area contributed by atoms with Gasteiger partial charge in [0.25, 0.3) is 0 Å². The molecule has 25 heavy (non-hydrogen) atoms. The molecule has 2 rings (SSSR count). The van der Waals surface area contributed by atoms with Crippen LogP contribution in [0.5, 0.6) is 0 Å². The van der Waals surface area contributed by atoms with Gasteiger partial charge in [-0.25, -0.2) is 0 Å². The Morgan fingerprint density at radius 1 is 1.12 bits per heavy atom. The zero-order valence-electron chi connectivity index (χ0n) is 15.2. The topological polar surface area (TPSA) is 60.7 Å². The normalized spacial score (nSPS) is 28.2. The van der Waals surface area contributed by atoms with Gasteiger partial charge in [-0.1, -0.05) is 80.8 Å². The molecule has 0 unspecified atom stereocenters. The molecule has 0 bridgehead atoms. The highest BCUT2D eigenvalue weighted by Crippen LogP contribution is 2.36. The highest BCUT2D eigenvalue weighted by atomic mass is 16.3. The third-order valence-electron chi connectivity index (χ3n) is 5.09. The van der Waals surface area contributed by atoms with Crippen molar-refractivity contribution in [3.63, 3.8) is 0 Å². The Hall–Kier alpha value is -1.42. The fraction of sp³-hybridized carbons (Fsp3) is 0.545. The predicted octanol–water partition coefficient (Wildman–Crippen LogP) is 3.95. The molecule has 0 amide bonds. The van der Waals surface area contributed by atoms with Gasteiger partial charge in [0.2, 0.25) is 0 Å². The molecule has 1 aliphatic rings. The Bertz CT molecular complexity index is 537. The maximum absolute atomic E-state index is 10.3. The summed E-state index contributed by atoms with van der Waals surface area (Å²) in [5.74, 6) is -0.106. The number of allylic oxidation sites excluding steroid dienone is 1. The first-order chi connectivity index (χ1) is 12.1. The minimum atomic E-state index is -0.538. The zero-order valence-corrected chi connectivity index (χ0v) is 15.2. The molecule has 1 aromatic rings. The minimum Gasteiger partial charge on any atom is -0.393 e. The van der Waals surface area contributed by atoms with E-state index in [1.165, 1.54) is 0 Å². The highest BCUT2D eigenvalue weighted by molar-refractivity contribution is 5.48. The largest absolute Gasteiger partial charge is 0.393 e. The SMILES string of the molecule is CCCCC[C@H](O)/C=C/[C@@H]1[C@@H](C/C=C\c2ccccc2)[C@@H](O)C[C@H]1O. The van der Waals surface area contributed by atoms with Gasteiger partial charge in [0.05, 0.1) is 18.3 Å². The van der Waals surface area contributed by atoms with Crippen molar-refractivity contribution in [3.8, 4) is 0 Å². The maximum Gasteiger partial charge on any atom is 0.0721 e. The van der Waals surface area contributed by atoms with Crippen LogP contribution in [0.15, 0.2) is 48.6 Å². The second-order valence-corrected chi connectivity index (χ2v) is 7.11. The summed E-state index contributed by atoms with van der Waals surface area (Å²) in [5.41, 5.74) is 1.13. The highest BCUT2D eigenvalue weighted by Gasteiger charge is 2.39. The molecule has 3 heteroatoms. The van der Waals surface area contributed by atoms with Crippen LogP contribution in [0.25, 0.3) is 6.08 Å². The van der Waals surface area contributed by atoms with Crippen LogP contribution >= 0.6 is 0 Å².